The summed E-state index contributed by atoms with van der Waals surface area (Å²) in [6, 6.07) is 23.3. The van der Waals surface area contributed by atoms with Crippen molar-refractivity contribution in [2.75, 3.05) is 0 Å². The van der Waals surface area contributed by atoms with E-state index < -0.39 is 0 Å². The second-order valence-electron chi connectivity index (χ2n) is 8.29. The number of hydrogen-bond acceptors (Lipinski definition) is 2. The van der Waals surface area contributed by atoms with E-state index in [1.54, 1.807) is 11.3 Å². The first kappa shape index (κ1) is 16.5. The second kappa shape index (κ2) is 5.64. The molecular formula is C25H20OS. The zero-order valence-electron chi connectivity index (χ0n) is 15.7. The SMILES string of the molecule is CC(C)(C)c1ccc2sc3cc4cc5ccccc5cc4cc3c(=O)c2c1. The minimum atomic E-state index is 0.0303. The molecule has 0 aliphatic carbocycles. The molecular weight excluding hydrogens is 348 g/mol. The monoisotopic (exact) mass is 368 g/mol. The number of hydrogen-bond donors (Lipinski definition) is 0. The molecule has 0 saturated heterocycles. The van der Waals surface area contributed by atoms with Crippen molar-refractivity contribution in [1.29, 1.82) is 0 Å². The summed E-state index contributed by atoms with van der Waals surface area (Å²) in [6.07, 6.45) is 0. The van der Waals surface area contributed by atoms with Crippen LogP contribution in [0.3, 0.4) is 0 Å². The quantitative estimate of drug-likeness (QED) is 0.268. The Balaban J connectivity index is 1.88. The van der Waals surface area contributed by atoms with Crippen LogP contribution in [0.15, 0.2) is 71.5 Å². The van der Waals surface area contributed by atoms with E-state index in [9.17, 15) is 4.79 Å². The molecule has 2 heteroatoms. The third-order valence-corrected chi connectivity index (χ3v) is 6.49. The molecule has 5 rings (SSSR count). The summed E-state index contributed by atoms with van der Waals surface area (Å²) in [5.74, 6) is 0. The molecule has 132 valence electrons. The standard InChI is InChI=1S/C25H20OS/c1-25(2,3)19-8-9-22-21(14-19)24(26)20-12-17-10-15-6-4-5-7-16(15)11-18(17)13-23(20)27-22/h4-14H,1-3H3. The highest BCUT2D eigenvalue weighted by Crippen LogP contribution is 2.32. The Morgan fingerprint density at radius 1 is 0.667 bits per heavy atom. The lowest BCUT2D eigenvalue weighted by atomic mass is 9.86. The molecule has 0 aliphatic rings. The van der Waals surface area contributed by atoms with Gasteiger partial charge in [0, 0.05) is 20.2 Å². The lowest BCUT2D eigenvalue weighted by molar-refractivity contribution is 0.591. The van der Waals surface area contributed by atoms with Gasteiger partial charge in [-0.1, -0.05) is 51.1 Å². The molecule has 0 unspecified atom stereocenters. The van der Waals surface area contributed by atoms with Gasteiger partial charge >= 0.3 is 0 Å². The predicted octanol–water partition coefficient (Wildman–Crippen LogP) is 7.02. The van der Waals surface area contributed by atoms with E-state index in [4.69, 9.17) is 0 Å². The summed E-state index contributed by atoms with van der Waals surface area (Å²) in [7, 11) is 0. The average molecular weight is 369 g/mol. The first-order valence-electron chi connectivity index (χ1n) is 9.24. The Bertz CT molecular complexity index is 1420. The second-order valence-corrected chi connectivity index (χ2v) is 9.37. The summed E-state index contributed by atoms with van der Waals surface area (Å²) in [4.78, 5) is 13.3. The highest BCUT2D eigenvalue weighted by Gasteiger charge is 2.16. The number of rotatable bonds is 0. The van der Waals surface area contributed by atoms with Crippen molar-refractivity contribution in [3.8, 4) is 0 Å². The Kier molecular flexibility index (Phi) is 3.44. The maximum absolute atomic E-state index is 13.3. The molecule has 4 aromatic carbocycles. The van der Waals surface area contributed by atoms with Crippen molar-refractivity contribution < 1.29 is 0 Å². The van der Waals surface area contributed by atoms with Gasteiger partial charge in [0.05, 0.1) is 0 Å². The molecule has 0 saturated carbocycles. The molecule has 0 atom stereocenters. The lowest BCUT2D eigenvalue weighted by Crippen LogP contribution is -2.12. The van der Waals surface area contributed by atoms with Gasteiger partial charge in [-0.3, -0.25) is 4.79 Å². The maximum Gasteiger partial charge on any atom is 0.195 e. The highest BCUT2D eigenvalue weighted by molar-refractivity contribution is 7.24. The van der Waals surface area contributed by atoms with E-state index >= 15 is 0 Å². The molecule has 1 heterocycles. The molecule has 0 aliphatic heterocycles. The summed E-state index contributed by atoms with van der Waals surface area (Å²) < 4.78 is 2.11. The summed E-state index contributed by atoms with van der Waals surface area (Å²) in [5.41, 5.74) is 1.37. The van der Waals surface area contributed by atoms with Crippen LogP contribution in [0.25, 0.3) is 41.7 Å². The van der Waals surface area contributed by atoms with Crippen molar-refractivity contribution >= 4 is 53.1 Å². The Labute approximate surface area is 161 Å². The molecule has 27 heavy (non-hydrogen) atoms. The van der Waals surface area contributed by atoms with Crippen LogP contribution >= 0.6 is 11.3 Å². The molecule has 1 nitrogen and oxygen atoms in total. The Morgan fingerprint density at radius 2 is 1.30 bits per heavy atom. The molecule has 0 bridgehead atoms. The van der Waals surface area contributed by atoms with E-state index in [1.807, 2.05) is 0 Å². The summed E-state index contributed by atoms with van der Waals surface area (Å²) in [6.45, 7) is 6.55. The van der Waals surface area contributed by atoms with Gasteiger partial charge in [0.15, 0.2) is 5.43 Å². The molecule has 1 aromatic heterocycles. The normalized spacial score (nSPS) is 12.4. The molecule has 0 fully saturated rings. The fraction of sp³-hybridized carbons (Fsp3) is 0.160. The number of fused-ring (bicyclic) bond motifs is 4. The van der Waals surface area contributed by atoms with Crippen molar-refractivity contribution in [1.82, 2.24) is 0 Å². The maximum atomic E-state index is 13.3. The smallest absolute Gasteiger partial charge is 0.195 e. The first-order chi connectivity index (χ1) is 12.9. The highest BCUT2D eigenvalue weighted by atomic mass is 32.1. The van der Waals surface area contributed by atoms with Crippen LogP contribution < -0.4 is 5.43 Å². The average Bonchev–Trinajstić information content (AvgIpc) is 2.64. The molecule has 5 aromatic rings. The van der Waals surface area contributed by atoms with E-state index in [0.29, 0.717) is 0 Å². The Hall–Kier alpha value is -2.71. The van der Waals surface area contributed by atoms with E-state index in [-0.39, 0.29) is 10.8 Å². The van der Waals surface area contributed by atoms with Gasteiger partial charge in [0.25, 0.3) is 0 Å². The van der Waals surface area contributed by atoms with Crippen molar-refractivity contribution in [2.24, 2.45) is 0 Å². The number of benzene rings is 4. The van der Waals surface area contributed by atoms with Crippen LogP contribution in [0.5, 0.6) is 0 Å². The van der Waals surface area contributed by atoms with Gasteiger partial charge in [0.1, 0.15) is 0 Å². The topological polar surface area (TPSA) is 17.1 Å². The van der Waals surface area contributed by atoms with Gasteiger partial charge in [-0.25, -0.2) is 0 Å². The van der Waals surface area contributed by atoms with E-state index in [0.717, 1.165) is 25.6 Å². The third kappa shape index (κ3) is 2.64. The van der Waals surface area contributed by atoms with Crippen molar-refractivity contribution in [3.63, 3.8) is 0 Å². The van der Waals surface area contributed by atoms with E-state index in [1.165, 1.54) is 21.7 Å². The van der Waals surface area contributed by atoms with Gasteiger partial charge in [-0.05, 0) is 68.9 Å². The van der Waals surface area contributed by atoms with Crippen LogP contribution in [0.1, 0.15) is 26.3 Å². The van der Waals surface area contributed by atoms with Gasteiger partial charge in [-0.15, -0.1) is 11.3 Å². The fourth-order valence-corrected chi connectivity index (χ4v) is 4.84. The predicted molar refractivity (Wildman–Crippen MR) is 119 cm³/mol. The largest absolute Gasteiger partial charge is 0.289 e. The minimum Gasteiger partial charge on any atom is -0.289 e. The van der Waals surface area contributed by atoms with Gasteiger partial charge < -0.3 is 0 Å². The summed E-state index contributed by atoms with van der Waals surface area (Å²) in [5, 5.41) is 6.39. The molecule has 0 N–H and O–H groups in total. The van der Waals surface area contributed by atoms with Crippen LogP contribution in [0.4, 0.5) is 0 Å². The third-order valence-electron chi connectivity index (χ3n) is 5.36. The first-order valence-corrected chi connectivity index (χ1v) is 10.1. The molecule has 0 radical (unpaired) electrons. The zero-order chi connectivity index (χ0) is 18.8. The van der Waals surface area contributed by atoms with Gasteiger partial charge in [0.2, 0.25) is 0 Å². The molecule has 0 amide bonds. The zero-order valence-corrected chi connectivity index (χ0v) is 16.5. The lowest BCUT2D eigenvalue weighted by Gasteiger charge is -2.19. The van der Waals surface area contributed by atoms with E-state index in [2.05, 4.69) is 87.5 Å². The van der Waals surface area contributed by atoms with Crippen molar-refractivity contribution in [2.45, 2.75) is 26.2 Å². The fourth-order valence-electron chi connectivity index (χ4n) is 3.76. The van der Waals surface area contributed by atoms with Crippen LogP contribution in [-0.2, 0) is 5.41 Å². The van der Waals surface area contributed by atoms with Crippen LogP contribution in [0.2, 0.25) is 0 Å². The molecule has 0 spiro atoms. The Morgan fingerprint density at radius 3 is 1.96 bits per heavy atom. The van der Waals surface area contributed by atoms with Crippen LogP contribution in [-0.4, -0.2) is 0 Å². The summed E-state index contributed by atoms with van der Waals surface area (Å²) >= 11 is 1.70. The van der Waals surface area contributed by atoms with Crippen LogP contribution in [0, 0.1) is 0 Å². The van der Waals surface area contributed by atoms with Gasteiger partial charge in [-0.2, -0.15) is 0 Å². The van der Waals surface area contributed by atoms with Crippen molar-refractivity contribution in [3.05, 3.63) is 82.5 Å². The minimum absolute atomic E-state index is 0.0303.